The van der Waals surface area contributed by atoms with Crippen molar-refractivity contribution in [1.29, 1.82) is 0 Å². The van der Waals surface area contributed by atoms with Gasteiger partial charge in [-0.1, -0.05) is 38.1 Å². The van der Waals surface area contributed by atoms with E-state index in [9.17, 15) is 28.2 Å². The molecule has 0 amide bonds. The molecule has 1 unspecified atom stereocenters. The number of alkyl halides is 3. The van der Waals surface area contributed by atoms with Gasteiger partial charge in [-0.15, -0.1) is 0 Å². The van der Waals surface area contributed by atoms with Crippen molar-refractivity contribution in [2.75, 3.05) is 0 Å². The number of pyridine rings is 1. The van der Waals surface area contributed by atoms with Gasteiger partial charge >= 0.3 is 6.18 Å². The molecule has 30 heavy (non-hydrogen) atoms. The minimum atomic E-state index is -4.95. The molecule has 4 nitrogen and oxygen atoms in total. The second kappa shape index (κ2) is 7.74. The van der Waals surface area contributed by atoms with E-state index in [0.29, 0.717) is 9.99 Å². The maximum atomic E-state index is 14.1. The van der Waals surface area contributed by atoms with Crippen molar-refractivity contribution in [2.45, 2.75) is 44.0 Å². The number of aliphatic hydroxyl groups is 1. The number of nitrogens with zero attached hydrogens (tertiary/aromatic N) is 1. The van der Waals surface area contributed by atoms with Gasteiger partial charge in [-0.05, 0) is 46.0 Å². The highest BCUT2D eigenvalue weighted by molar-refractivity contribution is 9.10. The van der Waals surface area contributed by atoms with Crippen LogP contribution in [0.15, 0.2) is 64.0 Å². The van der Waals surface area contributed by atoms with Crippen LogP contribution in [0.3, 0.4) is 0 Å². The quantitative estimate of drug-likeness (QED) is 0.528. The highest BCUT2D eigenvalue weighted by Crippen LogP contribution is 2.45. The summed E-state index contributed by atoms with van der Waals surface area (Å²) < 4.78 is 43.9. The van der Waals surface area contributed by atoms with Crippen LogP contribution in [0, 0.1) is 0 Å². The Bertz CT molecular complexity index is 1140. The molecule has 0 spiro atoms. The van der Waals surface area contributed by atoms with Crippen LogP contribution in [-0.4, -0.2) is 26.6 Å². The van der Waals surface area contributed by atoms with Crippen molar-refractivity contribution in [3.05, 3.63) is 75.0 Å². The first kappa shape index (κ1) is 22.4. The number of phenols is 1. The lowest BCUT2D eigenvalue weighted by atomic mass is 9.74. The zero-order valence-electron chi connectivity index (χ0n) is 16.4. The van der Waals surface area contributed by atoms with Crippen LogP contribution in [0.5, 0.6) is 5.75 Å². The van der Waals surface area contributed by atoms with Crippen molar-refractivity contribution < 1.29 is 23.4 Å². The predicted octanol–water partition coefficient (Wildman–Crippen LogP) is 5.13. The largest absolute Gasteiger partial charge is 0.506 e. The number of aromatic nitrogens is 1. The summed E-state index contributed by atoms with van der Waals surface area (Å²) in [4.78, 5) is 12.0. The summed E-state index contributed by atoms with van der Waals surface area (Å²) in [6.07, 6.45) is -4.39. The van der Waals surface area contributed by atoms with Gasteiger partial charge in [-0.25, -0.2) is 0 Å². The van der Waals surface area contributed by atoms with Gasteiger partial charge in [-0.2, -0.15) is 13.2 Å². The third-order valence-electron chi connectivity index (χ3n) is 5.29. The minimum Gasteiger partial charge on any atom is -0.506 e. The SMILES string of the molecule is CC(C)(CC(O)(Cn1ccc(=O)c2ccccc21)C(F)(F)F)c1cccc(Br)c1O. The number of aromatic hydroxyl groups is 1. The van der Waals surface area contributed by atoms with Gasteiger partial charge in [0.15, 0.2) is 11.0 Å². The highest BCUT2D eigenvalue weighted by atomic mass is 79.9. The molecule has 0 fully saturated rings. The lowest BCUT2D eigenvalue weighted by molar-refractivity contribution is -0.271. The van der Waals surface area contributed by atoms with Crippen LogP contribution >= 0.6 is 15.9 Å². The average molecular weight is 484 g/mol. The van der Waals surface area contributed by atoms with Crippen molar-refractivity contribution in [1.82, 2.24) is 4.57 Å². The number of para-hydroxylation sites is 2. The summed E-state index contributed by atoms with van der Waals surface area (Å²) in [5.74, 6) is -0.166. The number of fused-ring (bicyclic) bond motifs is 1. The first-order chi connectivity index (χ1) is 13.9. The fourth-order valence-electron chi connectivity index (χ4n) is 3.81. The van der Waals surface area contributed by atoms with Gasteiger partial charge < -0.3 is 14.8 Å². The van der Waals surface area contributed by atoms with Gasteiger partial charge in [0.1, 0.15) is 5.75 Å². The highest BCUT2D eigenvalue weighted by Gasteiger charge is 2.56. The zero-order chi connectivity index (χ0) is 22.3. The van der Waals surface area contributed by atoms with Crippen LogP contribution < -0.4 is 5.43 Å². The van der Waals surface area contributed by atoms with Crippen molar-refractivity contribution in [2.24, 2.45) is 0 Å². The minimum absolute atomic E-state index is 0.166. The van der Waals surface area contributed by atoms with E-state index in [4.69, 9.17) is 0 Å². The normalized spacial score (nSPS) is 14.6. The standard InChI is InChI=1S/C22H21BrF3NO3/c1-20(2,15-7-5-8-16(23)19(15)29)12-21(30,22(24,25)26)13-27-11-10-18(28)14-6-3-4-9-17(14)27/h3-11,29-30H,12-13H2,1-2H3. The van der Waals surface area contributed by atoms with E-state index in [1.54, 1.807) is 30.3 Å². The fraction of sp³-hybridized carbons (Fsp3) is 0.318. The Hall–Kier alpha value is -2.32. The molecule has 0 aliphatic heterocycles. The molecule has 2 N–H and O–H groups in total. The van der Waals surface area contributed by atoms with E-state index in [0.717, 1.165) is 0 Å². The Kier molecular flexibility index (Phi) is 5.77. The van der Waals surface area contributed by atoms with Crippen molar-refractivity contribution >= 4 is 26.8 Å². The smallest absolute Gasteiger partial charge is 0.418 e. The molecule has 0 saturated heterocycles. The maximum Gasteiger partial charge on any atom is 0.418 e. The van der Waals surface area contributed by atoms with E-state index >= 15 is 0 Å². The Morgan fingerprint density at radius 1 is 1.03 bits per heavy atom. The summed E-state index contributed by atoms with van der Waals surface area (Å²) in [5, 5.41) is 21.5. The molecule has 0 radical (unpaired) electrons. The molecule has 0 aliphatic carbocycles. The molecular weight excluding hydrogens is 463 g/mol. The Balaban J connectivity index is 2.07. The molecule has 1 heterocycles. The summed E-state index contributed by atoms with van der Waals surface area (Å²) >= 11 is 3.18. The van der Waals surface area contributed by atoms with Crippen molar-refractivity contribution in [3.8, 4) is 5.75 Å². The number of rotatable bonds is 5. The number of benzene rings is 2. The Labute approximate surface area is 179 Å². The second-order valence-corrected chi connectivity index (χ2v) is 8.91. The average Bonchev–Trinajstić information content (AvgIpc) is 2.65. The molecule has 2 aromatic carbocycles. The zero-order valence-corrected chi connectivity index (χ0v) is 18.0. The number of hydrogen-bond acceptors (Lipinski definition) is 3. The molecular formula is C22H21BrF3NO3. The first-order valence-corrected chi connectivity index (χ1v) is 10.0. The molecule has 160 valence electrons. The first-order valence-electron chi connectivity index (χ1n) is 9.21. The van der Waals surface area contributed by atoms with Crippen molar-refractivity contribution in [3.63, 3.8) is 0 Å². The molecule has 0 aliphatic rings. The third kappa shape index (κ3) is 4.11. The van der Waals surface area contributed by atoms with Gasteiger partial charge in [0.05, 0.1) is 16.5 Å². The molecule has 1 atom stereocenters. The molecule has 1 aromatic heterocycles. The second-order valence-electron chi connectivity index (χ2n) is 8.05. The van der Waals surface area contributed by atoms with Gasteiger partial charge in [0.25, 0.3) is 0 Å². The molecule has 3 rings (SSSR count). The molecule has 3 aromatic rings. The summed E-state index contributed by atoms with van der Waals surface area (Å²) in [6.45, 7) is 2.28. The maximum absolute atomic E-state index is 14.1. The molecule has 0 bridgehead atoms. The van der Waals surface area contributed by atoms with Crippen LogP contribution in [-0.2, 0) is 12.0 Å². The van der Waals surface area contributed by atoms with E-state index < -0.39 is 30.2 Å². The number of phenolic OH excluding ortho intramolecular Hbond substituents is 1. The summed E-state index contributed by atoms with van der Waals surface area (Å²) in [5.41, 5.74) is -4.05. The van der Waals surface area contributed by atoms with Gasteiger partial charge in [0.2, 0.25) is 0 Å². The van der Waals surface area contributed by atoms with Gasteiger partial charge in [-0.3, -0.25) is 4.79 Å². The lowest BCUT2D eigenvalue weighted by Crippen LogP contribution is -2.52. The summed E-state index contributed by atoms with van der Waals surface area (Å²) in [7, 11) is 0. The van der Waals surface area contributed by atoms with Crippen LogP contribution in [0.4, 0.5) is 13.2 Å². The topological polar surface area (TPSA) is 62.5 Å². The molecule has 8 heteroatoms. The monoisotopic (exact) mass is 483 g/mol. The van der Waals surface area contributed by atoms with E-state index in [-0.39, 0.29) is 22.1 Å². The Morgan fingerprint density at radius 3 is 2.37 bits per heavy atom. The van der Waals surface area contributed by atoms with Crippen LogP contribution in [0.1, 0.15) is 25.8 Å². The van der Waals surface area contributed by atoms with E-state index in [1.165, 1.54) is 42.8 Å². The fourth-order valence-corrected chi connectivity index (χ4v) is 4.18. The number of halogens is 4. The molecule has 0 saturated carbocycles. The third-order valence-corrected chi connectivity index (χ3v) is 5.93. The summed E-state index contributed by atoms with van der Waals surface area (Å²) in [6, 6.07) is 12.2. The van der Waals surface area contributed by atoms with E-state index in [1.807, 2.05) is 0 Å². The predicted molar refractivity (Wildman–Crippen MR) is 113 cm³/mol. The number of hydrogen-bond donors (Lipinski definition) is 2. The van der Waals surface area contributed by atoms with Crippen LogP contribution in [0.25, 0.3) is 10.9 Å². The van der Waals surface area contributed by atoms with Crippen LogP contribution in [0.2, 0.25) is 0 Å². The van der Waals surface area contributed by atoms with E-state index in [2.05, 4.69) is 15.9 Å². The lowest BCUT2D eigenvalue weighted by Gasteiger charge is -2.38. The Morgan fingerprint density at radius 2 is 1.70 bits per heavy atom. The van der Waals surface area contributed by atoms with Gasteiger partial charge in [0, 0.05) is 23.2 Å².